The molecule has 3 aromatic carbocycles. The van der Waals surface area contributed by atoms with Crippen molar-refractivity contribution in [2.75, 3.05) is 9.80 Å². The predicted octanol–water partition coefficient (Wildman–Crippen LogP) is 6.65. The predicted molar refractivity (Wildman–Crippen MR) is 138 cm³/mol. The largest absolute Gasteiger partial charge is 0.465 e. The fourth-order valence-electron chi connectivity index (χ4n) is 4.74. The van der Waals surface area contributed by atoms with Crippen molar-refractivity contribution in [3.05, 3.63) is 126 Å². The molecule has 4 aromatic rings. The standard InChI is InChI=1S/C30H25FN2O3/c1-21-20-28(33(24-8-3-2-4-9-24)30(35)22-13-15-23(31)16-14-22)26-11-5-6-12-27(26)32(21)29(34)18-17-25-10-7-19-36-25/h2-19,21,28H,20H2,1H3/b18-17+. The lowest BCUT2D eigenvalue weighted by Gasteiger charge is -2.43. The third-order valence-corrected chi connectivity index (χ3v) is 6.39. The maximum Gasteiger partial charge on any atom is 0.258 e. The Balaban J connectivity index is 1.55. The normalized spacial score (nSPS) is 17.1. The number of fused-ring (bicyclic) bond motifs is 1. The summed E-state index contributed by atoms with van der Waals surface area (Å²) in [4.78, 5) is 30.6. The fourth-order valence-corrected chi connectivity index (χ4v) is 4.74. The molecule has 0 saturated heterocycles. The smallest absolute Gasteiger partial charge is 0.258 e. The fraction of sp³-hybridized carbons (Fsp3) is 0.133. The van der Waals surface area contributed by atoms with Crippen LogP contribution in [0.2, 0.25) is 0 Å². The number of rotatable bonds is 5. The van der Waals surface area contributed by atoms with Crippen LogP contribution in [0.3, 0.4) is 0 Å². The van der Waals surface area contributed by atoms with Crippen molar-refractivity contribution in [1.82, 2.24) is 0 Å². The molecule has 5 rings (SSSR count). The summed E-state index contributed by atoms with van der Waals surface area (Å²) in [6, 6.07) is 25.7. The zero-order chi connectivity index (χ0) is 25.1. The highest BCUT2D eigenvalue weighted by Crippen LogP contribution is 2.42. The van der Waals surface area contributed by atoms with Gasteiger partial charge < -0.3 is 14.2 Å². The summed E-state index contributed by atoms with van der Waals surface area (Å²) in [6.45, 7) is 1.98. The first-order chi connectivity index (χ1) is 17.5. The average molecular weight is 481 g/mol. The number of anilines is 2. The van der Waals surface area contributed by atoms with Crippen LogP contribution >= 0.6 is 0 Å². The molecule has 1 aromatic heterocycles. The van der Waals surface area contributed by atoms with Gasteiger partial charge in [-0.3, -0.25) is 9.59 Å². The number of amides is 2. The maximum atomic E-state index is 13.8. The molecular formula is C30H25FN2O3. The van der Waals surface area contributed by atoms with Crippen molar-refractivity contribution in [3.8, 4) is 0 Å². The number of hydrogen-bond donors (Lipinski definition) is 0. The summed E-state index contributed by atoms with van der Waals surface area (Å²) < 4.78 is 18.9. The first-order valence-electron chi connectivity index (χ1n) is 11.8. The minimum Gasteiger partial charge on any atom is -0.465 e. The topological polar surface area (TPSA) is 53.8 Å². The molecule has 1 aliphatic rings. The number of carbonyl (C=O) groups excluding carboxylic acids is 2. The third kappa shape index (κ3) is 4.58. The molecule has 0 aliphatic carbocycles. The van der Waals surface area contributed by atoms with Gasteiger partial charge in [0.25, 0.3) is 11.8 Å². The lowest BCUT2D eigenvalue weighted by molar-refractivity contribution is -0.114. The summed E-state index contributed by atoms with van der Waals surface area (Å²) in [6.07, 6.45) is 5.24. The van der Waals surface area contributed by atoms with Gasteiger partial charge in [0.15, 0.2) is 0 Å². The van der Waals surface area contributed by atoms with Gasteiger partial charge in [-0.2, -0.15) is 0 Å². The Bertz CT molecular complexity index is 1380. The molecule has 0 fully saturated rings. The highest BCUT2D eigenvalue weighted by molar-refractivity contribution is 6.08. The Hall–Kier alpha value is -4.45. The summed E-state index contributed by atoms with van der Waals surface area (Å²) >= 11 is 0. The van der Waals surface area contributed by atoms with Gasteiger partial charge in [0, 0.05) is 29.1 Å². The molecule has 2 atom stereocenters. The van der Waals surface area contributed by atoms with Crippen LogP contribution < -0.4 is 9.80 Å². The van der Waals surface area contributed by atoms with Crippen molar-refractivity contribution < 1.29 is 18.4 Å². The van der Waals surface area contributed by atoms with Crippen LogP contribution in [0.5, 0.6) is 0 Å². The molecule has 0 saturated carbocycles. The SMILES string of the molecule is CC1CC(N(C(=O)c2ccc(F)cc2)c2ccccc2)c2ccccc2N1C(=O)/C=C/c1ccco1. The molecule has 2 amide bonds. The van der Waals surface area contributed by atoms with Crippen LogP contribution in [-0.4, -0.2) is 17.9 Å². The van der Waals surface area contributed by atoms with Gasteiger partial charge in [0.2, 0.25) is 0 Å². The number of furan rings is 1. The molecule has 2 unspecified atom stereocenters. The number of carbonyl (C=O) groups is 2. The van der Waals surface area contributed by atoms with E-state index in [9.17, 15) is 14.0 Å². The number of nitrogens with zero attached hydrogens (tertiary/aromatic N) is 2. The maximum absolute atomic E-state index is 13.8. The Morgan fingerprint density at radius 3 is 2.39 bits per heavy atom. The van der Waals surface area contributed by atoms with Crippen LogP contribution in [0, 0.1) is 5.82 Å². The monoisotopic (exact) mass is 480 g/mol. The summed E-state index contributed by atoms with van der Waals surface area (Å²) in [5, 5.41) is 0. The zero-order valence-electron chi connectivity index (χ0n) is 19.8. The molecule has 0 radical (unpaired) electrons. The van der Waals surface area contributed by atoms with E-state index < -0.39 is 5.82 Å². The van der Waals surface area contributed by atoms with E-state index in [-0.39, 0.29) is 23.9 Å². The van der Waals surface area contributed by atoms with E-state index >= 15 is 0 Å². The Morgan fingerprint density at radius 1 is 0.944 bits per heavy atom. The Kier molecular flexibility index (Phi) is 6.50. The first kappa shape index (κ1) is 23.3. The van der Waals surface area contributed by atoms with E-state index in [1.54, 1.807) is 34.3 Å². The van der Waals surface area contributed by atoms with Crippen molar-refractivity contribution in [3.63, 3.8) is 0 Å². The molecule has 0 bridgehead atoms. The van der Waals surface area contributed by atoms with Crippen LogP contribution in [-0.2, 0) is 4.79 Å². The molecular weight excluding hydrogens is 455 g/mol. The van der Waals surface area contributed by atoms with Crippen LogP contribution in [0.4, 0.5) is 15.8 Å². The van der Waals surface area contributed by atoms with Crippen LogP contribution in [0.25, 0.3) is 6.08 Å². The summed E-state index contributed by atoms with van der Waals surface area (Å²) in [7, 11) is 0. The molecule has 2 heterocycles. The lowest BCUT2D eigenvalue weighted by atomic mass is 9.89. The first-order valence-corrected chi connectivity index (χ1v) is 11.8. The highest BCUT2D eigenvalue weighted by Gasteiger charge is 2.38. The van der Waals surface area contributed by atoms with E-state index in [2.05, 4.69) is 0 Å². The summed E-state index contributed by atoms with van der Waals surface area (Å²) in [5.74, 6) is -0.197. The lowest BCUT2D eigenvalue weighted by Crippen LogP contribution is -2.47. The molecule has 180 valence electrons. The third-order valence-electron chi connectivity index (χ3n) is 6.39. The van der Waals surface area contributed by atoms with Crippen molar-refractivity contribution in [2.45, 2.75) is 25.4 Å². The van der Waals surface area contributed by atoms with E-state index in [0.29, 0.717) is 17.7 Å². The second-order valence-corrected chi connectivity index (χ2v) is 8.73. The Labute approximate surface area is 209 Å². The van der Waals surface area contributed by atoms with Gasteiger partial charge in [-0.25, -0.2) is 4.39 Å². The van der Waals surface area contributed by atoms with E-state index in [0.717, 1.165) is 16.9 Å². The molecule has 0 N–H and O–H groups in total. The van der Waals surface area contributed by atoms with Crippen molar-refractivity contribution >= 4 is 29.3 Å². The highest BCUT2D eigenvalue weighted by atomic mass is 19.1. The minimum absolute atomic E-state index is 0.166. The minimum atomic E-state index is -0.397. The molecule has 0 spiro atoms. The number of para-hydroxylation sites is 2. The number of hydrogen-bond acceptors (Lipinski definition) is 3. The summed E-state index contributed by atoms with van der Waals surface area (Å²) in [5.41, 5.74) is 2.75. The van der Waals surface area contributed by atoms with Crippen LogP contribution in [0.1, 0.15) is 41.1 Å². The molecule has 36 heavy (non-hydrogen) atoms. The van der Waals surface area contributed by atoms with Gasteiger partial charge in [-0.1, -0.05) is 36.4 Å². The van der Waals surface area contributed by atoms with E-state index in [4.69, 9.17) is 4.42 Å². The average Bonchev–Trinajstić information content (AvgIpc) is 3.42. The molecule has 5 nitrogen and oxygen atoms in total. The zero-order valence-corrected chi connectivity index (χ0v) is 19.8. The number of halogens is 1. The van der Waals surface area contributed by atoms with Gasteiger partial charge >= 0.3 is 0 Å². The van der Waals surface area contributed by atoms with Gasteiger partial charge in [0.1, 0.15) is 11.6 Å². The van der Waals surface area contributed by atoms with Gasteiger partial charge in [-0.05, 0) is 79.6 Å². The van der Waals surface area contributed by atoms with Crippen molar-refractivity contribution in [2.24, 2.45) is 0 Å². The van der Waals surface area contributed by atoms with E-state index in [1.165, 1.54) is 30.3 Å². The number of benzene rings is 3. The second kappa shape index (κ2) is 10.0. The van der Waals surface area contributed by atoms with Gasteiger partial charge in [-0.15, -0.1) is 0 Å². The second-order valence-electron chi connectivity index (χ2n) is 8.73. The van der Waals surface area contributed by atoms with Crippen LogP contribution in [0.15, 0.2) is 108 Å². The van der Waals surface area contributed by atoms with E-state index in [1.807, 2.05) is 61.5 Å². The van der Waals surface area contributed by atoms with Gasteiger partial charge in [0.05, 0.1) is 12.3 Å². The molecule has 1 aliphatic heterocycles. The molecule has 6 heteroatoms. The van der Waals surface area contributed by atoms with Crippen molar-refractivity contribution in [1.29, 1.82) is 0 Å². The quantitative estimate of drug-likeness (QED) is 0.301. The Morgan fingerprint density at radius 2 is 1.67 bits per heavy atom.